The molecule has 0 unspecified atom stereocenters. The van der Waals surface area contributed by atoms with Gasteiger partial charge in [-0.2, -0.15) is 5.26 Å². The highest BCUT2D eigenvalue weighted by atomic mass is 16.5. The van der Waals surface area contributed by atoms with Crippen molar-refractivity contribution in [2.24, 2.45) is 5.73 Å². The molecule has 1 aliphatic rings. The van der Waals surface area contributed by atoms with Gasteiger partial charge in [0.1, 0.15) is 11.8 Å². The second kappa shape index (κ2) is 5.07. The Labute approximate surface area is 106 Å². The second-order valence-electron chi connectivity index (χ2n) is 4.43. The average Bonchev–Trinajstić information content (AvgIpc) is 2.35. The SMILES string of the molecule is N#CCOc1ccc(NC(=O)C2(N)CCC2)cc1. The number of ether oxygens (including phenoxy) is 1. The first-order chi connectivity index (χ1) is 8.64. The highest BCUT2D eigenvalue weighted by Gasteiger charge is 2.40. The van der Waals surface area contributed by atoms with E-state index in [9.17, 15) is 4.79 Å². The van der Waals surface area contributed by atoms with E-state index in [2.05, 4.69) is 5.32 Å². The van der Waals surface area contributed by atoms with Crippen LogP contribution in [0.5, 0.6) is 5.75 Å². The number of nitrogens with zero attached hydrogens (tertiary/aromatic N) is 1. The van der Waals surface area contributed by atoms with Gasteiger partial charge in [-0.3, -0.25) is 4.79 Å². The van der Waals surface area contributed by atoms with Crippen molar-refractivity contribution in [3.05, 3.63) is 24.3 Å². The summed E-state index contributed by atoms with van der Waals surface area (Å²) in [4.78, 5) is 11.9. The van der Waals surface area contributed by atoms with Crippen LogP contribution in [0.2, 0.25) is 0 Å². The van der Waals surface area contributed by atoms with E-state index in [1.807, 2.05) is 6.07 Å². The third kappa shape index (κ3) is 2.60. The Hall–Kier alpha value is -2.06. The Kier molecular flexibility index (Phi) is 3.49. The number of benzene rings is 1. The number of amides is 1. The lowest BCUT2D eigenvalue weighted by Crippen LogP contribution is -2.56. The first-order valence-electron chi connectivity index (χ1n) is 5.84. The molecular formula is C13H15N3O2. The summed E-state index contributed by atoms with van der Waals surface area (Å²) in [6.45, 7) is 0.0115. The maximum absolute atomic E-state index is 11.9. The predicted molar refractivity (Wildman–Crippen MR) is 66.9 cm³/mol. The van der Waals surface area contributed by atoms with Crippen LogP contribution in [0.25, 0.3) is 0 Å². The number of carbonyl (C=O) groups is 1. The summed E-state index contributed by atoms with van der Waals surface area (Å²) in [5, 5.41) is 11.2. The fraction of sp³-hybridized carbons (Fsp3) is 0.385. The molecule has 0 atom stereocenters. The highest BCUT2D eigenvalue weighted by Crippen LogP contribution is 2.30. The van der Waals surface area contributed by atoms with Crippen molar-refractivity contribution in [1.82, 2.24) is 0 Å². The molecule has 5 nitrogen and oxygen atoms in total. The molecule has 1 aromatic carbocycles. The third-order valence-corrected chi connectivity index (χ3v) is 3.11. The van der Waals surface area contributed by atoms with E-state index in [0.717, 1.165) is 19.3 Å². The number of carbonyl (C=O) groups excluding carboxylic acids is 1. The van der Waals surface area contributed by atoms with Gasteiger partial charge in [-0.05, 0) is 43.5 Å². The third-order valence-electron chi connectivity index (χ3n) is 3.11. The molecule has 0 bridgehead atoms. The zero-order valence-electron chi connectivity index (χ0n) is 9.98. The van der Waals surface area contributed by atoms with Crippen LogP contribution in [0, 0.1) is 11.3 Å². The number of anilines is 1. The number of rotatable bonds is 4. The van der Waals surface area contributed by atoms with Gasteiger partial charge >= 0.3 is 0 Å². The lowest BCUT2D eigenvalue weighted by atomic mass is 9.77. The molecular weight excluding hydrogens is 230 g/mol. The largest absolute Gasteiger partial charge is 0.479 e. The average molecular weight is 245 g/mol. The Bertz CT molecular complexity index is 472. The van der Waals surface area contributed by atoms with Crippen molar-refractivity contribution < 1.29 is 9.53 Å². The van der Waals surface area contributed by atoms with Gasteiger partial charge in [0.15, 0.2) is 6.61 Å². The zero-order chi connectivity index (χ0) is 13.0. The van der Waals surface area contributed by atoms with Crippen molar-refractivity contribution in [3.63, 3.8) is 0 Å². The minimum atomic E-state index is -0.698. The Balaban J connectivity index is 1.94. The molecule has 1 aromatic rings. The lowest BCUT2D eigenvalue weighted by Gasteiger charge is -2.36. The van der Waals surface area contributed by atoms with Gasteiger partial charge in [-0.1, -0.05) is 0 Å². The van der Waals surface area contributed by atoms with Crippen LogP contribution in [-0.4, -0.2) is 18.1 Å². The molecule has 3 N–H and O–H groups in total. The van der Waals surface area contributed by atoms with Crippen LogP contribution >= 0.6 is 0 Å². The first kappa shape index (κ1) is 12.4. The monoisotopic (exact) mass is 245 g/mol. The molecule has 0 saturated heterocycles. The minimum absolute atomic E-state index is 0.0115. The van der Waals surface area contributed by atoms with Crippen molar-refractivity contribution in [1.29, 1.82) is 5.26 Å². The standard InChI is InChI=1S/C13H15N3O2/c14-8-9-18-11-4-2-10(3-5-11)16-12(17)13(15)6-1-7-13/h2-5H,1,6-7,9,15H2,(H,16,17). The van der Waals surface area contributed by atoms with E-state index >= 15 is 0 Å². The molecule has 18 heavy (non-hydrogen) atoms. The van der Waals surface area contributed by atoms with E-state index in [0.29, 0.717) is 11.4 Å². The highest BCUT2D eigenvalue weighted by molar-refractivity contribution is 5.98. The van der Waals surface area contributed by atoms with Crippen molar-refractivity contribution in [2.75, 3.05) is 11.9 Å². The van der Waals surface area contributed by atoms with E-state index in [1.54, 1.807) is 24.3 Å². The molecule has 0 aromatic heterocycles. The number of nitriles is 1. The van der Waals surface area contributed by atoms with Crippen molar-refractivity contribution >= 4 is 11.6 Å². The van der Waals surface area contributed by atoms with E-state index < -0.39 is 5.54 Å². The van der Waals surface area contributed by atoms with Crippen LogP contribution in [0.15, 0.2) is 24.3 Å². The van der Waals surface area contributed by atoms with Crippen LogP contribution in [0.3, 0.4) is 0 Å². The minimum Gasteiger partial charge on any atom is -0.479 e. The molecule has 0 aliphatic heterocycles. The fourth-order valence-corrected chi connectivity index (χ4v) is 1.79. The molecule has 94 valence electrons. The van der Waals surface area contributed by atoms with Gasteiger partial charge in [-0.15, -0.1) is 0 Å². The molecule has 1 fully saturated rings. The Morgan fingerprint density at radius 1 is 1.44 bits per heavy atom. The van der Waals surface area contributed by atoms with Crippen LogP contribution in [0.4, 0.5) is 5.69 Å². The maximum Gasteiger partial charge on any atom is 0.244 e. The number of hydrogen-bond donors (Lipinski definition) is 2. The van der Waals surface area contributed by atoms with E-state index in [-0.39, 0.29) is 12.5 Å². The Morgan fingerprint density at radius 2 is 2.11 bits per heavy atom. The van der Waals surface area contributed by atoms with E-state index in [4.69, 9.17) is 15.7 Å². The normalized spacial score (nSPS) is 16.2. The van der Waals surface area contributed by atoms with Crippen molar-refractivity contribution in [3.8, 4) is 11.8 Å². The number of nitrogens with one attached hydrogen (secondary N) is 1. The molecule has 0 radical (unpaired) electrons. The zero-order valence-corrected chi connectivity index (χ0v) is 9.98. The summed E-state index contributed by atoms with van der Waals surface area (Å²) in [5.74, 6) is 0.458. The molecule has 0 heterocycles. The van der Waals surface area contributed by atoms with E-state index in [1.165, 1.54) is 0 Å². The number of hydrogen-bond acceptors (Lipinski definition) is 4. The van der Waals surface area contributed by atoms with Gasteiger partial charge in [0.25, 0.3) is 0 Å². The number of nitrogens with two attached hydrogens (primary N) is 1. The smallest absolute Gasteiger partial charge is 0.244 e. The summed E-state index contributed by atoms with van der Waals surface area (Å²) in [7, 11) is 0. The maximum atomic E-state index is 11.9. The van der Waals surface area contributed by atoms with Gasteiger partial charge in [-0.25, -0.2) is 0 Å². The fourth-order valence-electron chi connectivity index (χ4n) is 1.79. The van der Waals surface area contributed by atoms with Crippen LogP contribution in [-0.2, 0) is 4.79 Å². The second-order valence-corrected chi connectivity index (χ2v) is 4.43. The summed E-state index contributed by atoms with van der Waals surface area (Å²) in [6, 6.07) is 8.76. The van der Waals surface area contributed by atoms with Crippen LogP contribution < -0.4 is 15.8 Å². The molecule has 5 heteroatoms. The predicted octanol–water partition coefficient (Wildman–Crippen LogP) is 1.41. The molecule has 1 saturated carbocycles. The summed E-state index contributed by atoms with van der Waals surface area (Å²) < 4.78 is 5.12. The van der Waals surface area contributed by atoms with Gasteiger partial charge in [0.05, 0.1) is 5.54 Å². The quantitative estimate of drug-likeness (QED) is 0.839. The van der Waals surface area contributed by atoms with Crippen molar-refractivity contribution in [2.45, 2.75) is 24.8 Å². The molecule has 2 rings (SSSR count). The molecule has 0 spiro atoms. The van der Waals surface area contributed by atoms with Gasteiger partial charge in [0, 0.05) is 5.69 Å². The molecule has 1 aliphatic carbocycles. The lowest BCUT2D eigenvalue weighted by molar-refractivity contribution is -0.123. The summed E-state index contributed by atoms with van der Waals surface area (Å²) in [5.41, 5.74) is 5.90. The topological polar surface area (TPSA) is 88.1 Å². The summed E-state index contributed by atoms with van der Waals surface area (Å²) in [6.07, 6.45) is 2.48. The van der Waals surface area contributed by atoms with Gasteiger partial charge < -0.3 is 15.8 Å². The first-order valence-corrected chi connectivity index (χ1v) is 5.84. The molecule has 1 amide bonds. The van der Waals surface area contributed by atoms with Gasteiger partial charge in [0.2, 0.25) is 5.91 Å². The Morgan fingerprint density at radius 3 is 2.61 bits per heavy atom. The van der Waals surface area contributed by atoms with Crippen LogP contribution in [0.1, 0.15) is 19.3 Å². The summed E-state index contributed by atoms with van der Waals surface area (Å²) >= 11 is 0.